The Morgan fingerprint density at radius 2 is 1.22 bits per heavy atom. The second kappa shape index (κ2) is 11.8. The number of fused-ring (bicyclic) bond motifs is 6. The fourth-order valence-electron chi connectivity index (χ4n) is 4.27. The summed E-state index contributed by atoms with van der Waals surface area (Å²) in [5, 5.41) is 17.6. The molecule has 0 amide bonds. The fraction of sp³-hybridized carbons (Fsp3) is 0.370. The molecule has 0 atom stereocenters. The molecule has 1 aliphatic rings. The Kier molecular flexibility index (Phi) is 7.85. The molecule has 0 aliphatic carbocycles. The van der Waals surface area contributed by atoms with Crippen LogP contribution >= 0.6 is 0 Å². The lowest BCUT2D eigenvalue weighted by molar-refractivity contribution is 0.114. The van der Waals surface area contributed by atoms with Crippen LogP contribution in [0.5, 0.6) is 0 Å². The summed E-state index contributed by atoms with van der Waals surface area (Å²) in [5.41, 5.74) is 6.70. The first-order chi connectivity index (χ1) is 18.1. The van der Waals surface area contributed by atoms with Gasteiger partial charge in [-0.2, -0.15) is 20.4 Å². The van der Waals surface area contributed by atoms with Gasteiger partial charge in [0.05, 0.1) is 62.2 Å². The first kappa shape index (κ1) is 24.6. The molecule has 6 heterocycles. The van der Waals surface area contributed by atoms with Gasteiger partial charge in [-0.05, 0) is 63.1 Å². The van der Waals surface area contributed by atoms with Crippen molar-refractivity contribution in [3.8, 4) is 0 Å². The number of hydrogen-bond acceptors (Lipinski definition) is 6. The number of aryl methyl sites for hydroxylation is 4. The van der Waals surface area contributed by atoms with Crippen LogP contribution in [0.1, 0.15) is 34.2 Å². The minimum Gasteiger partial charge on any atom is -0.378 e. The molecule has 10 heteroatoms. The van der Waals surface area contributed by atoms with Gasteiger partial charge in [0.25, 0.3) is 0 Å². The molecule has 10 nitrogen and oxygen atoms in total. The number of aromatic nitrogens is 9. The molecule has 192 valence electrons. The Bertz CT molecular complexity index is 1280. The second-order valence-corrected chi connectivity index (χ2v) is 9.14. The Hall–Kier alpha value is -4.05. The van der Waals surface area contributed by atoms with Gasteiger partial charge in [-0.1, -0.05) is 6.07 Å². The second-order valence-electron chi connectivity index (χ2n) is 9.14. The van der Waals surface area contributed by atoms with Gasteiger partial charge in [-0.25, -0.2) is 0 Å². The Balaban J connectivity index is 0.000000164. The number of rotatable bonds is 6. The van der Waals surface area contributed by atoms with Crippen molar-refractivity contribution in [3.05, 3.63) is 101 Å². The maximum absolute atomic E-state index is 5.46. The number of nitrogens with zero attached hydrogens (tertiary/aromatic N) is 9. The lowest BCUT2D eigenvalue weighted by atomic mass is 10.2. The van der Waals surface area contributed by atoms with Gasteiger partial charge >= 0.3 is 0 Å². The standard InChI is InChI=1S/C17H19N5.C10H14N4O/c1-12-8-14-6-7-15-9-13(2)22(20-15)11-17-5-3-4-16(18-17)10-21(12)19-14;1-3-11-13(5-1)7-9-15-10-8-14-6-2-4-12-14/h3-5,8-9H,6-7,10-11H2,1-2H3;1-6H,7-10H2. The van der Waals surface area contributed by atoms with E-state index in [9.17, 15) is 0 Å². The van der Waals surface area contributed by atoms with E-state index in [1.165, 1.54) is 11.4 Å². The molecule has 5 aromatic rings. The lowest BCUT2D eigenvalue weighted by Crippen LogP contribution is -2.11. The minimum absolute atomic E-state index is 0.683. The highest BCUT2D eigenvalue weighted by molar-refractivity contribution is 5.18. The van der Waals surface area contributed by atoms with Gasteiger partial charge in [-0.15, -0.1) is 0 Å². The van der Waals surface area contributed by atoms with Crippen LogP contribution in [0.15, 0.2) is 67.3 Å². The van der Waals surface area contributed by atoms with E-state index in [2.05, 4.69) is 54.4 Å². The van der Waals surface area contributed by atoms with Crippen LogP contribution in [0.4, 0.5) is 0 Å². The molecule has 0 saturated heterocycles. The number of pyridine rings is 1. The average molecular weight is 500 g/mol. The predicted octanol–water partition coefficient (Wildman–Crippen LogP) is 3.08. The van der Waals surface area contributed by atoms with E-state index < -0.39 is 0 Å². The summed E-state index contributed by atoms with van der Waals surface area (Å²) in [6, 6.07) is 14.3. The van der Waals surface area contributed by atoms with Crippen LogP contribution < -0.4 is 0 Å². The third kappa shape index (κ3) is 6.79. The van der Waals surface area contributed by atoms with Crippen LogP contribution in [0.3, 0.4) is 0 Å². The van der Waals surface area contributed by atoms with Crippen molar-refractivity contribution in [2.45, 2.75) is 52.9 Å². The van der Waals surface area contributed by atoms with Crippen molar-refractivity contribution in [2.24, 2.45) is 0 Å². The molecule has 0 fully saturated rings. The predicted molar refractivity (Wildman–Crippen MR) is 139 cm³/mol. The van der Waals surface area contributed by atoms with E-state index in [4.69, 9.17) is 19.9 Å². The maximum Gasteiger partial charge on any atom is 0.0834 e. The van der Waals surface area contributed by atoms with E-state index in [0.717, 1.165) is 61.8 Å². The number of hydrogen-bond donors (Lipinski definition) is 0. The molecular weight excluding hydrogens is 466 g/mol. The van der Waals surface area contributed by atoms with Crippen molar-refractivity contribution in [1.82, 2.24) is 44.1 Å². The van der Waals surface area contributed by atoms with Crippen LogP contribution in [0.25, 0.3) is 0 Å². The first-order valence-corrected chi connectivity index (χ1v) is 12.7. The van der Waals surface area contributed by atoms with Crippen molar-refractivity contribution in [2.75, 3.05) is 13.2 Å². The average Bonchev–Trinajstić information content (AvgIpc) is 3.69. The van der Waals surface area contributed by atoms with Crippen molar-refractivity contribution in [1.29, 1.82) is 0 Å². The molecule has 0 spiro atoms. The highest BCUT2D eigenvalue weighted by atomic mass is 16.5. The van der Waals surface area contributed by atoms with Crippen molar-refractivity contribution in [3.63, 3.8) is 0 Å². The van der Waals surface area contributed by atoms with Crippen LogP contribution in [-0.2, 0) is 43.8 Å². The molecule has 1 aliphatic heterocycles. The minimum atomic E-state index is 0.683. The van der Waals surface area contributed by atoms with Gasteiger partial charge in [0.2, 0.25) is 0 Å². The molecule has 6 rings (SSSR count). The Labute approximate surface area is 216 Å². The molecular formula is C27H33N9O. The summed E-state index contributed by atoms with van der Waals surface area (Å²) in [7, 11) is 0. The van der Waals surface area contributed by atoms with Crippen LogP contribution in [0, 0.1) is 13.8 Å². The third-order valence-corrected chi connectivity index (χ3v) is 6.24. The topological polar surface area (TPSA) is 93.4 Å². The third-order valence-electron chi connectivity index (χ3n) is 6.24. The van der Waals surface area contributed by atoms with Gasteiger partial charge in [0, 0.05) is 36.2 Å². The summed E-state index contributed by atoms with van der Waals surface area (Å²) in [5.74, 6) is 0. The van der Waals surface area contributed by atoms with Crippen LogP contribution in [-0.4, -0.2) is 57.3 Å². The monoisotopic (exact) mass is 499 g/mol. The summed E-state index contributed by atoms with van der Waals surface area (Å²) >= 11 is 0. The van der Waals surface area contributed by atoms with Gasteiger partial charge in [0.15, 0.2) is 0 Å². The van der Waals surface area contributed by atoms with E-state index in [1.807, 2.05) is 43.3 Å². The van der Waals surface area contributed by atoms with Crippen molar-refractivity contribution >= 4 is 0 Å². The van der Waals surface area contributed by atoms with Gasteiger partial charge in [0.1, 0.15) is 0 Å². The van der Waals surface area contributed by atoms with Gasteiger partial charge < -0.3 is 4.74 Å². The van der Waals surface area contributed by atoms with E-state index in [1.54, 1.807) is 12.4 Å². The molecule has 0 radical (unpaired) electrons. The largest absolute Gasteiger partial charge is 0.378 e. The summed E-state index contributed by atoms with van der Waals surface area (Å²) in [6.07, 6.45) is 9.24. The van der Waals surface area contributed by atoms with E-state index >= 15 is 0 Å². The van der Waals surface area contributed by atoms with Crippen molar-refractivity contribution < 1.29 is 4.74 Å². The highest BCUT2D eigenvalue weighted by Gasteiger charge is 2.11. The highest BCUT2D eigenvalue weighted by Crippen LogP contribution is 2.13. The Morgan fingerprint density at radius 1 is 0.703 bits per heavy atom. The quantitative estimate of drug-likeness (QED) is 0.333. The fourth-order valence-corrected chi connectivity index (χ4v) is 4.27. The summed E-state index contributed by atoms with van der Waals surface area (Å²) < 4.78 is 13.3. The first-order valence-electron chi connectivity index (χ1n) is 12.7. The SMILES string of the molecule is Cc1cc2nn1Cc1cccc(n1)Cn1nc(cc1C)CC2.c1cnn(CCOCCn2cccn2)c1. The normalized spacial score (nSPS) is 12.7. The molecule has 0 saturated carbocycles. The Morgan fingerprint density at radius 3 is 1.68 bits per heavy atom. The van der Waals surface area contributed by atoms with Gasteiger partial charge in [-0.3, -0.25) is 23.7 Å². The zero-order valence-corrected chi connectivity index (χ0v) is 21.4. The zero-order chi connectivity index (χ0) is 25.5. The molecule has 5 aromatic heterocycles. The summed E-state index contributed by atoms with van der Waals surface area (Å²) in [6.45, 7) is 8.62. The molecule has 0 unspecified atom stereocenters. The van der Waals surface area contributed by atoms with E-state index in [0.29, 0.717) is 13.2 Å². The van der Waals surface area contributed by atoms with E-state index in [-0.39, 0.29) is 0 Å². The number of ether oxygens (including phenoxy) is 1. The smallest absolute Gasteiger partial charge is 0.0834 e. The maximum atomic E-state index is 5.46. The molecule has 6 bridgehead atoms. The summed E-state index contributed by atoms with van der Waals surface area (Å²) in [4.78, 5) is 4.76. The zero-order valence-electron chi connectivity index (χ0n) is 21.4. The molecule has 0 N–H and O–H groups in total. The van der Waals surface area contributed by atoms with Crippen LogP contribution in [0.2, 0.25) is 0 Å². The molecule has 0 aromatic carbocycles. The molecule has 37 heavy (non-hydrogen) atoms. The lowest BCUT2D eigenvalue weighted by Gasteiger charge is -2.08.